The molecular weight excluding hydrogens is 560 g/mol. The molecule has 0 spiro atoms. The Kier molecular flexibility index (Phi) is 3.96. The lowest BCUT2D eigenvalue weighted by atomic mass is 9.42. The van der Waals surface area contributed by atoms with E-state index in [1.54, 1.807) is 11.1 Å². The Hall–Kier alpha value is -1.66. The van der Waals surface area contributed by atoms with Crippen LogP contribution >= 0.6 is 31.9 Å². The number of halogens is 2. The molecule has 8 rings (SSSR count). The van der Waals surface area contributed by atoms with Gasteiger partial charge in [-0.05, 0) is 126 Å². The number of ether oxygens (including phenoxy) is 2. The van der Waals surface area contributed by atoms with Crippen molar-refractivity contribution in [1.82, 2.24) is 0 Å². The Morgan fingerprint density at radius 3 is 1.56 bits per heavy atom. The summed E-state index contributed by atoms with van der Waals surface area (Å²) < 4.78 is 12.4. The first kappa shape index (κ1) is 20.5. The van der Waals surface area contributed by atoms with Crippen LogP contribution < -0.4 is 0 Å². The van der Waals surface area contributed by atoms with E-state index in [1.165, 1.54) is 31.4 Å². The highest BCUT2D eigenvalue weighted by atomic mass is 79.9. The van der Waals surface area contributed by atoms with Gasteiger partial charge in [-0.1, -0.05) is 12.1 Å². The van der Waals surface area contributed by atoms with Crippen molar-refractivity contribution in [2.45, 2.75) is 24.7 Å². The maximum Gasteiger partial charge on any atom is 0.334 e. The number of hydrogen-bond acceptors (Lipinski definition) is 4. The maximum atomic E-state index is 12.6. The van der Waals surface area contributed by atoms with Crippen molar-refractivity contribution in [3.05, 3.63) is 55.5 Å². The van der Waals surface area contributed by atoms with Crippen LogP contribution in [-0.2, 0) is 19.1 Å². The van der Waals surface area contributed by atoms with E-state index in [2.05, 4.69) is 56.1 Å². The minimum Gasteiger partial charge on any atom is -0.466 e. The van der Waals surface area contributed by atoms with Gasteiger partial charge in [0.2, 0.25) is 0 Å². The van der Waals surface area contributed by atoms with Crippen LogP contribution in [0.15, 0.2) is 44.4 Å². The summed E-state index contributed by atoms with van der Waals surface area (Å²) in [5, 5.41) is 2.61. The predicted molar refractivity (Wildman–Crippen MR) is 133 cm³/mol. The van der Waals surface area contributed by atoms with Gasteiger partial charge in [0.25, 0.3) is 0 Å². The molecule has 0 saturated heterocycles. The summed E-state index contributed by atoms with van der Waals surface area (Å²) in [7, 11) is 2.84. The molecule has 0 aliphatic heterocycles. The van der Waals surface area contributed by atoms with Crippen molar-refractivity contribution in [2.24, 2.45) is 47.3 Å². The van der Waals surface area contributed by atoms with Crippen LogP contribution in [0.4, 0.5) is 0 Å². The fourth-order valence-electron chi connectivity index (χ4n) is 10.0. The van der Waals surface area contributed by atoms with Gasteiger partial charge in [-0.3, -0.25) is 0 Å². The molecule has 4 saturated carbocycles. The van der Waals surface area contributed by atoms with E-state index in [0.29, 0.717) is 46.7 Å². The number of hydrogen-bond donors (Lipinski definition) is 0. The Morgan fingerprint density at radius 2 is 1.15 bits per heavy atom. The van der Waals surface area contributed by atoms with Gasteiger partial charge < -0.3 is 9.47 Å². The zero-order chi connectivity index (χ0) is 23.2. The highest BCUT2D eigenvalue weighted by molar-refractivity contribution is 9.13. The van der Waals surface area contributed by atoms with E-state index in [-0.39, 0.29) is 23.8 Å². The summed E-state index contributed by atoms with van der Waals surface area (Å²) in [5.41, 5.74) is 4.38. The topological polar surface area (TPSA) is 52.6 Å². The summed E-state index contributed by atoms with van der Waals surface area (Å²) in [6.07, 6.45) is 2.42. The zero-order valence-electron chi connectivity index (χ0n) is 18.9. The summed E-state index contributed by atoms with van der Waals surface area (Å²) in [6.45, 7) is 0. The van der Waals surface area contributed by atoms with Gasteiger partial charge in [-0.2, -0.15) is 0 Å². The quantitative estimate of drug-likeness (QED) is 0.248. The van der Waals surface area contributed by atoms with Crippen molar-refractivity contribution in [3.8, 4) is 0 Å². The molecule has 2 aromatic carbocycles. The minimum atomic E-state index is -0.330. The molecule has 6 aliphatic carbocycles. The number of methoxy groups -OCH3 is 2. The van der Waals surface area contributed by atoms with Gasteiger partial charge in [0.15, 0.2) is 0 Å². The van der Waals surface area contributed by atoms with E-state index < -0.39 is 0 Å². The molecule has 4 bridgehead atoms. The smallest absolute Gasteiger partial charge is 0.334 e. The van der Waals surface area contributed by atoms with Gasteiger partial charge in [0.1, 0.15) is 0 Å². The molecule has 0 aromatic heterocycles. The molecule has 4 fully saturated rings. The zero-order valence-corrected chi connectivity index (χ0v) is 22.1. The minimum absolute atomic E-state index is 0.192. The first-order valence-electron chi connectivity index (χ1n) is 12.3. The SMILES string of the molecule is COC(=O)C1=C(C(=O)OC)C2C1[C@H]1C[C@@H]2C2C1C1C2[C@H]2C[C@@H]1c1cc3cc(Br)c(Br)cc3cc12. The molecule has 0 radical (unpaired) electrons. The second kappa shape index (κ2) is 6.56. The number of benzene rings is 2. The van der Waals surface area contributed by atoms with Gasteiger partial charge in [0.05, 0.1) is 25.4 Å². The maximum absolute atomic E-state index is 12.6. The fourth-order valence-corrected chi connectivity index (χ4v) is 10.7. The number of esters is 2. The predicted octanol–water partition coefficient (Wildman–Crippen LogP) is 5.97. The average molecular weight is 584 g/mol. The van der Waals surface area contributed by atoms with Crippen LogP contribution in [-0.4, -0.2) is 26.2 Å². The van der Waals surface area contributed by atoms with Crippen molar-refractivity contribution in [2.75, 3.05) is 14.2 Å². The second-order valence-corrected chi connectivity index (χ2v) is 13.0. The van der Waals surface area contributed by atoms with E-state index >= 15 is 0 Å². The lowest BCUT2D eigenvalue weighted by Gasteiger charge is -2.62. The van der Waals surface area contributed by atoms with Crippen molar-refractivity contribution < 1.29 is 19.1 Å². The standard InChI is InChI=1S/C28H24Br2O4/c1-33-27(31)25-23-15-8-16(24(23)26(25)28(32)34-2)22-20-14-7-13(19(20)21(15)22)11-3-9-5-17(29)18(30)6-10(9)4-12(11)14/h3-6,13-16,19-24H,7-8H2,1-2H3/t13-,14+,15+,16-,19?,20?,21?,22?,23?,24?. The van der Waals surface area contributed by atoms with Crippen molar-refractivity contribution >= 4 is 54.6 Å². The molecule has 174 valence electrons. The van der Waals surface area contributed by atoms with E-state index in [0.717, 1.165) is 27.2 Å². The number of carbonyl (C=O) groups excluding carboxylic acids is 2. The van der Waals surface area contributed by atoms with E-state index in [9.17, 15) is 9.59 Å². The number of rotatable bonds is 2. The van der Waals surface area contributed by atoms with Crippen LogP contribution in [0.25, 0.3) is 10.8 Å². The molecule has 2 aromatic rings. The third-order valence-electron chi connectivity index (χ3n) is 10.7. The molecule has 4 nitrogen and oxygen atoms in total. The van der Waals surface area contributed by atoms with Crippen LogP contribution in [0.2, 0.25) is 0 Å². The van der Waals surface area contributed by atoms with Gasteiger partial charge in [-0.15, -0.1) is 0 Å². The normalized spacial score (nSPS) is 41.4. The first-order chi connectivity index (χ1) is 16.4. The highest BCUT2D eigenvalue weighted by Crippen LogP contribution is 2.82. The molecule has 34 heavy (non-hydrogen) atoms. The molecule has 10 atom stereocenters. The largest absolute Gasteiger partial charge is 0.466 e. The van der Waals surface area contributed by atoms with Crippen molar-refractivity contribution in [1.29, 1.82) is 0 Å². The molecule has 0 amide bonds. The fraction of sp³-hybridized carbons (Fsp3) is 0.500. The van der Waals surface area contributed by atoms with Crippen LogP contribution in [0.3, 0.4) is 0 Å². The lowest BCUT2D eigenvalue weighted by molar-refractivity contribution is -0.147. The Morgan fingerprint density at radius 1 is 0.706 bits per heavy atom. The van der Waals surface area contributed by atoms with E-state index in [1.807, 2.05) is 0 Å². The van der Waals surface area contributed by atoms with Crippen LogP contribution in [0.5, 0.6) is 0 Å². The molecule has 6 heteroatoms. The molecule has 6 unspecified atom stereocenters. The molecule has 6 aliphatic rings. The van der Waals surface area contributed by atoms with Gasteiger partial charge in [0, 0.05) is 20.8 Å². The summed E-state index contributed by atoms with van der Waals surface area (Å²) >= 11 is 7.34. The third-order valence-corrected chi connectivity index (χ3v) is 12.5. The summed E-state index contributed by atoms with van der Waals surface area (Å²) in [5.74, 6) is 4.86. The summed E-state index contributed by atoms with van der Waals surface area (Å²) in [6, 6.07) is 9.35. The van der Waals surface area contributed by atoms with Gasteiger partial charge in [-0.25, -0.2) is 9.59 Å². The van der Waals surface area contributed by atoms with E-state index in [4.69, 9.17) is 9.47 Å². The second-order valence-electron chi connectivity index (χ2n) is 11.3. The Bertz CT molecular complexity index is 1280. The lowest BCUT2D eigenvalue weighted by Crippen LogP contribution is -2.59. The van der Waals surface area contributed by atoms with Crippen molar-refractivity contribution in [3.63, 3.8) is 0 Å². The van der Waals surface area contributed by atoms with Crippen LogP contribution in [0, 0.1) is 47.3 Å². The monoisotopic (exact) mass is 582 g/mol. The Labute approximate surface area is 214 Å². The third kappa shape index (κ3) is 2.15. The van der Waals surface area contributed by atoms with Gasteiger partial charge >= 0.3 is 11.9 Å². The molecule has 0 N–H and O–H groups in total. The first-order valence-corrected chi connectivity index (χ1v) is 13.9. The Balaban J connectivity index is 1.19. The molecule has 0 heterocycles. The number of fused-ring (bicyclic) bond motifs is 19. The molecular formula is C28H24Br2O4. The highest BCUT2D eigenvalue weighted by Gasteiger charge is 2.77. The van der Waals surface area contributed by atoms with Crippen LogP contribution in [0.1, 0.15) is 35.8 Å². The summed E-state index contributed by atoms with van der Waals surface area (Å²) in [4.78, 5) is 25.3. The average Bonchev–Trinajstić information content (AvgIpc) is 3.47. The number of carbonyl (C=O) groups is 2.